The average Bonchev–Trinajstić information content (AvgIpc) is 2.61. The first kappa shape index (κ1) is 18.8. The molecule has 2 amide bonds. The molecular formula is C18H27N3O2S. The van der Waals surface area contributed by atoms with Gasteiger partial charge in [-0.15, -0.1) is 0 Å². The van der Waals surface area contributed by atoms with E-state index < -0.39 is 0 Å². The lowest BCUT2D eigenvalue weighted by Gasteiger charge is -2.34. The van der Waals surface area contributed by atoms with E-state index in [9.17, 15) is 9.59 Å². The lowest BCUT2D eigenvalue weighted by molar-refractivity contribution is -0.119. The van der Waals surface area contributed by atoms with Gasteiger partial charge in [0.25, 0.3) is 5.91 Å². The molecular weight excluding hydrogens is 322 g/mol. The van der Waals surface area contributed by atoms with Crippen LogP contribution in [0, 0.1) is 0 Å². The third-order valence-corrected chi connectivity index (χ3v) is 5.36. The third kappa shape index (κ3) is 5.83. The van der Waals surface area contributed by atoms with Crippen molar-refractivity contribution in [3.8, 4) is 0 Å². The Morgan fingerprint density at radius 1 is 1.21 bits per heavy atom. The molecule has 24 heavy (non-hydrogen) atoms. The minimum absolute atomic E-state index is 0.0177. The molecule has 0 atom stereocenters. The van der Waals surface area contributed by atoms with Crippen LogP contribution >= 0.6 is 11.8 Å². The molecule has 1 aliphatic heterocycles. The highest BCUT2D eigenvalue weighted by molar-refractivity contribution is 7.99. The number of hydrogen-bond donors (Lipinski definition) is 2. The van der Waals surface area contributed by atoms with Gasteiger partial charge in [0.2, 0.25) is 5.91 Å². The van der Waals surface area contributed by atoms with Crippen LogP contribution in [0.1, 0.15) is 35.7 Å². The van der Waals surface area contributed by atoms with Crippen LogP contribution in [0.15, 0.2) is 24.3 Å². The lowest BCUT2D eigenvalue weighted by Crippen LogP contribution is -2.42. The Hall–Kier alpha value is -1.53. The maximum atomic E-state index is 11.6. The van der Waals surface area contributed by atoms with Crippen LogP contribution in [-0.4, -0.2) is 54.4 Å². The second-order valence-corrected chi connectivity index (χ2v) is 7.30. The summed E-state index contributed by atoms with van der Waals surface area (Å²) in [6.45, 7) is 3.93. The quantitative estimate of drug-likeness (QED) is 0.789. The van der Waals surface area contributed by atoms with Crippen molar-refractivity contribution in [1.82, 2.24) is 15.5 Å². The molecule has 2 rings (SSSR count). The van der Waals surface area contributed by atoms with E-state index in [4.69, 9.17) is 0 Å². The lowest BCUT2D eigenvalue weighted by atomic mass is 10.1. The van der Waals surface area contributed by atoms with Gasteiger partial charge in [-0.2, -0.15) is 11.8 Å². The molecule has 0 aromatic heterocycles. The summed E-state index contributed by atoms with van der Waals surface area (Å²) in [4.78, 5) is 25.2. The summed E-state index contributed by atoms with van der Waals surface area (Å²) >= 11 is 2.02. The smallest absolute Gasteiger partial charge is 0.251 e. The van der Waals surface area contributed by atoms with E-state index in [2.05, 4.69) is 15.5 Å². The minimum atomic E-state index is -0.0617. The van der Waals surface area contributed by atoms with Crippen molar-refractivity contribution in [2.75, 3.05) is 31.6 Å². The molecule has 132 valence electrons. The molecule has 0 aliphatic carbocycles. The molecule has 6 heteroatoms. The molecule has 1 aromatic rings. The van der Waals surface area contributed by atoms with Crippen molar-refractivity contribution in [2.24, 2.45) is 0 Å². The zero-order valence-electron chi connectivity index (χ0n) is 14.5. The van der Waals surface area contributed by atoms with Gasteiger partial charge in [-0.05, 0) is 42.0 Å². The number of rotatable bonds is 7. The Kier molecular flexibility index (Phi) is 7.59. The number of nitrogens with one attached hydrogen (secondary N) is 2. The van der Waals surface area contributed by atoms with Crippen molar-refractivity contribution >= 4 is 23.6 Å². The molecule has 0 bridgehead atoms. The highest BCUT2D eigenvalue weighted by Gasteiger charge is 2.21. The number of amides is 2. The Balaban J connectivity index is 2.00. The highest BCUT2D eigenvalue weighted by atomic mass is 32.2. The first-order chi connectivity index (χ1) is 11.6. The number of nitrogens with zero attached hydrogens (tertiary/aromatic N) is 1. The number of carbonyl (C=O) groups excluding carboxylic acids is 2. The van der Waals surface area contributed by atoms with Crippen molar-refractivity contribution < 1.29 is 9.59 Å². The Morgan fingerprint density at radius 3 is 2.46 bits per heavy atom. The van der Waals surface area contributed by atoms with E-state index >= 15 is 0 Å². The molecule has 1 aromatic carbocycles. The first-order valence-electron chi connectivity index (χ1n) is 8.47. The number of benzene rings is 1. The largest absolute Gasteiger partial charge is 0.355 e. The number of hydrogen-bond acceptors (Lipinski definition) is 4. The van der Waals surface area contributed by atoms with E-state index in [0.717, 1.165) is 13.1 Å². The summed E-state index contributed by atoms with van der Waals surface area (Å²) in [5, 5.41) is 5.53. The van der Waals surface area contributed by atoms with Crippen molar-refractivity contribution in [3.05, 3.63) is 35.4 Å². The van der Waals surface area contributed by atoms with Crippen LogP contribution in [-0.2, 0) is 11.3 Å². The zero-order chi connectivity index (χ0) is 17.4. The summed E-state index contributed by atoms with van der Waals surface area (Å²) in [5.74, 6) is 2.37. The zero-order valence-corrected chi connectivity index (χ0v) is 15.3. The summed E-state index contributed by atoms with van der Waals surface area (Å²) in [6.07, 6.45) is 2.39. The third-order valence-electron chi connectivity index (χ3n) is 4.31. The molecule has 1 fully saturated rings. The van der Waals surface area contributed by atoms with Crippen LogP contribution < -0.4 is 10.6 Å². The fraction of sp³-hybridized carbons (Fsp3) is 0.556. The van der Waals surface area contributed by atoms with Crippen molar-refractivity contribution in [1.29, 1.82) is 0 Å². The Bertz CT molecular complexity index is 542. The normalized spacial score (nSPS) is 15.3. The maximum Gasteiger partial charge on any atom is 0.251 e. The van der Waals surface area contributed by atoms with Gasteiger partial charge >= 0.3 is 0 Å². The van der Waals surface area contributed by atoms with Crippen LogP contribution in [0.4, 0.5) is 0 Å². The summed E-state index contributed by atoms with van der Waals surface area (Å²) in [6, 6.07) is 8.35. The van der Waals surface area contributed by atoms with Crippen LogP contribution in [0.2, 0.25) is 0 Å². The van der Waals surface area contributed by atoms with E-state index in [-0.39, 0.29) is 11.8 Å². The molecule has 1 saturated heterocycles. The molecule has 0 unspecified atom stereocenters. The standard InChI is InChI=1S/C18H27N3O2S/c1-14(22)20-9-10-21(17-7-11-24-12-8-17)13-15-3-5-16(6-4-15)18(23)19-2/h3-6,17H,7-13H2,1-2H3,(H,19,23)(H,20,22). The predicted molar refractivity (Wildman–Crippen MR) is 99.3 cm³/mol. The van der Waals surface area contributed by atoms with Gasteiger partial charge in [0, 0.05) is 45.2 Å². The summed E-state index contributed by atoms with van der Waals surface area (Å²) in [7, 11) is 1.64. The molecule has 1 heterocycles. The average molecular weight is 350 g/mol. The fourth-order valence-electron chi connectivity index (χ4n) is 2.96. The van der Waals surface area contributed by atoms with E-state index in [1.54, 1.807) is 14.0 Å². The SMILES string of the molecule is CNC(=O)c1ccc(CN(CCNC(C)=O)C2CCSCC2)cc1. The topological polar surface area (TPSA) is 61.4 Å². The summed E-state index contributed by atoms with van der Waals surface area (Å²) < 4.78 is 0. The molecule has 2 N–H and O–H groups in total. The first-order valence-corrected chi connectivity index (χ1v) is 9.63. The van der Waals surface area contributed by atoms with Crippen LogP contribution in [0.3, 0.4) is 0 Å². The highest BCUT2D eigenvalue weighted by Crippen LogP contribution is 2.23. The van der Waals surface area contributed by atoms with Gasteiger partial charge in [-0.1, -0.05) is 12.1 Å². The van der Waals surface area contributed by atoms with Gasteiger partial charge in [0.1, 0.15) is 0 Å². The predicted octanol–water partition coefficient (Wildman–Crippen LogP) is 1.88. The molecule has 0 saturated carbocycles. The molecule has 0 spiro atoms. The number of thioether (sulfide) groups is 1. The molecule has 5 nitrogen and oxygen atoms in total. The van der Waals surface area contributed by atoms with Gasteiger partial charge in [-0.3, -0.25) is 14.5 Å². The van der Waals surface area contributed by atoms with Crippen molar-refractivity contribution in [2.45, 2.75) is 32.4 Å². The molecule has 0 radical (unpaired) electrons. The van der Waals surface area contributed by atoms with Crippen molar-refractivity contribution in [3.63, 3.8) is 0 Å². The van der Waals surface area contributed by atoms with Gasteiger partial charge in [0.05, 0.1) is 0 Å². The fourth-order valence-corrected chi connectivity index (χ4v) is 4.04. The second-order valence-electron chi connectivity index (χ2n) is 6.07. The Morgan fingerprint density at radius 2 is 1.88 bits per heavy atom. The van der Waals surface area contributed by atoms with E-state index in [1.165, 1.54) is 29.9 Å². The van der Waals surface area contributed by atoms with Crippen LogP contribution in [0.25, 0.3) is 0 Å². The Labute approximate surface area is 148 Å². The second kappa shape index (κ2) is 9.69. The van der Waals surface area contributed by atoms with E-state index in [1.807, 2.05) is 36.0 Å². The minimum Gasteiger partial charge on any atom is -0.355 e. The maximum absolute atomic E-state index is 11.6. The summed E-state index contributed by atoms with van der Waals surface area (Å²) in [5.41, 5.74) is 1.88. The van der Waals surface area contributed by atoms with Crippen LogP contribution in [0.5, 0.6) is 0 Å². The van der Waals surface area contributed by atoms with Gasteiger partial charge in [0.15, 0.2) is 0 Å². The number of carbonyl (C=O) groups is 2. The monoisotopic (exact) mass is 349 g/mol. The van der Waals surface area contributed by atoms with Gasteiger partial charge < -0.3 is 10.6 Å². The molecule has 1 aliphatic rings. The van der Waals surface area contributed by atoms with E-state index in [0.29, 0.717) is 18.2 Å². The van der Waals surface area contributed by atoms with Gasteiger partial charge in [-0.25, -0.2) is 0 Å².